The normalized spacial score (nSPS) is 25.2. The Hall–Kier alpha value is -0.940. The molecule has 0 bridgehead atoms. The summed E-state index contributed by atoms with van der Waals surface area (Å²) in [7, 11) is 0. The van der Waals surface area contributed by atoms with Crippen LogP contribution < -0.4 is 5.06 Å². The van der Waals surface area contributed by atoms with Gasteiger partial charge in [-0.3, -0.25) is 5.21 Å². The van der Waals surface area contributed by atoms with Crippen LogP contribution >= 0.6 is 12.2 Å². The second-order valence-corrected chi connectivity index (χ2v) is 4.31. The lowest BCUT2D eigenvalue weighted by Gasteiger charge is -2.21. The Kier molecular flexibility index (Phi) is 2.08. The van der Waals surface area contributed by atoms with Gasteiger partial charge in [0.05, 0.1) is 6.54 Å². The first-order valence-electron chi connectivity index (χ1n) is 4.63. The highest BCUT2D eigenvalue weighted by molar-refractivity contribution is 7.71. The van der Waals surface area contributed by atoms with E-state index in [0.29, 0.717) is 17.1 Å². The summed E-state index contributed by atoms with van der Waals surface area (Å²) in [6.07, 6.45) is 2.72. The number of nitrogens with zero attached hydrogens (tertiary/aromatic N) is 2. The van der Waals surface area contributed by atoms with E-state index in [1.165, 1.54) is 5.06 Å². The lowest BCUT2D eigenvalue weighted by Crippen LogP contribution is -2.28. The predicted octanol–water partition coefficient (Wildman–Crippen LogP) is 2.02. The zero-order valence-corrected chi connectivity index (χ0v) is 9.06. The maximum absolute atomic E-state index is 9.70. The minimum atomic E-state index is -0.0311. The van der Waals surface area contributed by atoms with Crippen molar-refractivity contribution in [1.29, 1.82) is 0 Å². The smallest absolute Gasteiger partial charge is 0.198 e. The molecule has 1 aliphatic heterocycles. The highest BCUT2D eigenvalue weighted by Gasteiger charge is 2.38. The summed E-state index contributed by atoms with van der Waals surface area (Å²) in [6, 6.07) is 0. The standard InChI is InChI=1S/C9H13N3OS/c1-3-9(2)5-12(13)7-6(9)4-10-8(14)11-7/h4,13H,3,5H2,1-2H3,(H,10,11,14). The number of aromatic nitrogens is 2. The molecule has 0 radical (unpaired) electrons. The van der Waals surface area contributed by atoms with E-state index in [-0.39, 0.29) is 5.41 Å². The number of aromatic amines is 1. The van der Waals surface area contributed by atoms with E-state index in [1.807, 2.05) is 0 Å². The van der Waals surface area contributed by atoms with Crippen LogP contribution in [0.25, 0.3) is 0 Å². The highest BCUT2D eigenvalue weighted by atomic mass is 32.1. The molecule has 1 aromatic rings. The largest absolute Gasteiger partial charge is 0.315 e. The third kappa shape index (κ3) is 1.24. The number of nitrogens with one attached hydrogen (secondary N) is 1. The minimum Gasteiger partial charge on any atom is -0.315 e. The molecule has 0 aliphatic carbocycles. The molecule has 1 aliphatic rings. The second kappa shape index (κ2) is 3.03. The molecule has 0 saturated heterocycles. The third-order valence-corrected chi connectivity index (χ3v) is 3.19. The molecule has 14 heavy (non-hydrogen) atoms. The quantitative estimate of drug-likeness (QED) is 0.698. The van der Waals surface area contributed by atoms with Gasteiger partial charge in [-0.05, 0) is 18.6 Å². The number of hydrogen-bond acceptors (Lipinski definition) is 4. The summed E-state index contributed by atoms with van der Waals surface area (Å²) in [5.41, 5.74) is 1.01. The number of rotatable bonds is 1. The van der Waals surface area contributed by atoms with Gasteiger partial charge in [-0.2, -0.15) is 0 Å². The summed E-state index contributed by atoms with van der Waals surface area (Å²) in [6.45, 7) is 4.81. The van der Waals surface area contributed by atoms with Crippen molar-refractivity contribution in [1.82, 2.24) is 9.97 Å². The van der Waals surface area contributed by atoms with Crippen molar-refractivity contribution in [3.63, 3.8) is 0 Å². The van der Waals surface area contributed by atoms with Crippen molar-refractivity contribution < 1.29 is 5.21 Å². The molecule has 76 valence electrons. The Bertz CT molecular complexity index is 417. The first kappa shape index (κ1) is 9.61. The first-order valence-corrected chi connectivity index (χ1v) is 5.04. The predicted molar refractivity (Wildman–Crippen MR) is 56.2 cm³/mol. The highest BCUT2D eigenvalue weighted by Crippen LogP contribution is 2.39. The molecule has 0 saturated carbocycles. The van der Waals surface area contributed by atoms with Crippen LogP contribution in [0.1, 0.15) is 25.8 Å². The average molecular weight is 211 g/mol. The van der Waals surface area contributed by atoms with Crippen molar-refractivity contribution in [2.75, 3.05) is 11.6 Å². The summed E-state index contributed by atoms with van der Waals surface area (Å²) in [4.78, 5) is 6.96. The number of anilines is 1. The van der Waals surface area contributed by atoms with E-state index in [9.17, 15) is 5.21 Å². The van der Waals surface area contributed by atoms with Crippen LogP contribution in [0.2, 0.25) is 0 Å². The lowest BCUT2D eigenvalue weighted by atomic mass is 9.84. The van der Waals surface area contributed by atoms with Crippen LogP contribution in [0.3, 0.4) is 0 Å². The summed E-state index contributed by atoms with van der Waals surface area (Å²) < 4.78 is 0.406. The molecule has 0 amide bonds. The third-order valence-electron chi connectivity index (χ3n) is 2.98. The zero-order valence-electron chi connectivity index (χ0n) is 8.24. The Morgan fingerprint density at radius 3 is 3.14 bits per heavy atom. The number of H-pyrrole nitrogens is 1. The number of hydroxylamine groups is 1. The Labute approximate surface area is 87.6 Å². The zero-order chi connectivity index (χ0) is 10.3. The molecule has 2 heterocycles. The molecule has 5 heteroatoms. The van der Waals surface area contributed by atoms with Gasteiger partial charge in [0.1, 0.15) is 5.82 Å². The molecule has 4 nitrogen and oxygen atoms in total. The summed E-state index contributed by atoms with van der Waals surface area (Å²) >= 11 is 4.91. The Morgan fingerprint density at radius 2 is 2.50 bits per heavy atom. The van der Waals surface area contributed by atoms with Gasteiger partial charge < -0.3 is 4.98 Å². The fourth-order valence-corrected chi connectivity index (χ4v) is 1.98. The summed E-state index contributed by atoms with van der Waals surface area (Å²) in [5.74, 6) is 0.689. The van der Waals surface area contributed by atoms with E-state index < -0.39 is 0 Å². The van der Waals surface area contributed by atoms with Crippen LogP contribution in [0.15, 0.2) is 6.20 Å². The fraction of sp³-hybridized carbons (Fsp3) is 0.556. The van der Waals surface area contributed by atoms with Gasteiger partial charge in [0.25, 0.3) is 0 Å². The van der Waals surface area contributed by atoms with Crippen LogP contribution in [0.4, 0.5) is 5.82 Å². The van der Waals surface area contributed by atoms with Gasteiger partial charge in [0, 0.05) is 17.2 Å². The van der Waals surface area contributed by atoms with Crippen molar-refractivity contribution in [2.24, 2.45) is 0 Å². The molecule has 0 spiro atoms. The maximum Gasteiger partial charge on any atom is 0.198 e. The molecule has 1 aromatic heterocycles. The lowest BCUT2D eigenvalue weighted by molar-refractivity contribution is 0.239. The minimum absolute atomic E-state index is 0.0311. The molecule has 0 aromatic carbocycles. The van der Waals surface area contributed by atoms with Crippen molar-refractivity contribution in [2.45, 2.75) is 25.7 Å². The van der Waals surface area contributed by atoms with Gasteiger partial charge in [-0.25, -0.2) is 10.0 Å². The van der Waals surface area contributed by atoms with Gasteiger partial charge in [0.15, 0.2) is 4.77 Å². The Morgan fingerprint density at radius 1 is 1.79 bits per heavy atom. The average Bonchev–Trinajstić information content (AvgIpc) is 2.40. The molecule has 2 N–H and O–H groups in total. The van der Waals surface area contributed by atoms with Crippen LogP contribution in [-0.2, 0) is 5.41 Å². The van der Waals surface area contributed by atoms with Crippen molar-refractivity contribution in [3.05, 3.63) is 16.5 Å². The van der Waals surface area contributed by atoms with Crippen LogP contribution in [0.5, 0.6) is 0 Å². The Balaban J connectivity index is 2.60. The molecular weight excluding hydrogens is 198 g/mol. The topological polar surface area (TPSA) is 52.1 Å². The van der Waals surface area contributed by atoms with Crippen LogP contribution in [-0.4, -0.2) is 21.7 Å². The van der Waals surface area contributed by atoms with Gasteiger partial charge in [0.2, 0.25) is 0 Å². The van der Waals surface area contributed by atoms with E-state index >= 15 is 0 Å². The van der Waals surface area contributed by atoms with Crippen LogP contribution in [0, 0.1) is 4.77 Å². The van der Waals surface area contributed by atoms with E-state index in [1.54, 1.807) is 6.20 Å². The number of hydrogen-bond donors (Lipinski definition) is 2. The van der Waals surface area contributed by atoms with E-state index in [4.69, 9.17) is 12.2 Å². The molecule has 0 fully saturated rings. The fourth-order valence-electron chi connectivity index (χ4n) is 1.83. The molecule has 1 unspecified atom stereocenters. The van der Waals surface area contributed by atoms with Gasteiger partial charge >= 0.3 is 0 Å². The second-order valence-electron chi connectivity index (χ2n) is 3.92. The molecule has 2 rings (SSSR count). The SMILES string of the molecule is CCC1(C)CN(O)c2[nH]c(=S)ncc21. The monoisotopic (exact) mass is 211 g/mol. The van der Waals surface area contributed by atoms with E-state index in [0.717, 1.165) is 12.0 Å². The number of fused-ring (bicyclic) bond motifs is 1. The molecule has 1 atom stereocenters. The van der Waals surface area contributed by atoms with Crippen molar-refractivity contribution >= 4 is 18.0 Å². The van der Waals surface area contributed by atoms with Gasteiger partial charge in [-0.15, -0.1) is 0 Å². The molecular formula is C9H13N3OS. The van der Waals surface area contributed by atoms with Crippen molar-refractivity contribution in [3.8, 4) is 0 Å². The summed E-state index contributed by atoms with van der Waals surface area (Å²) in [5, 5.41) is 10.9. The maximum atomic E-state index is 9.70. The first-order chi connectivity index (χ1) is 6.57. The van der Waals surface area contributed by atoms with E-state index in [2.05, 4.69) is 23.8 Å². The van der Waals surface area contributed by atoms with Gasteiger partial charge in [-0.1, -0.05) is 13.8 Å².